The number of nitrogens with one attached hydrogen (secondary N) is 1. The van der Waals surface area contributed by atoms with Crippen LogP contribution >= 0.6 is 0 Å². The molecule has 3 saturated heterocycles. The summed E-state index contributed by atoms with van der Waals surface area (Å²) >= 11 is 0. The second-order valence-corrected chi connectivity index (χ2v) is 8.64. The molecular formula is C22H33N7O2. The summed E-state index contributed by atoms with van der Waals surface area (Å²) < 4.78 is 11.6. The highest BCUT2D eigenvalue weighted by atomic mass is 16.5. The van der Waals surface area contributed by atoms with Gasteiger partial charge in [-0.05, 0) is 44.7 Å². The third kappa shape index (κ3) is 4.77. The molecule has 5 heterocycles. The van der Waals surface area contributed by atoms with Crippen molar-refractivity contribution in [2.45, 2.75) is 38.6 Å². The van der Waals surface area contributed by atoms with Gasteiger partial charge in [0.25, 0.3) is 0 Å². The summed E-state index contributed by atoms with van der Waals surface area (Å²) in [6.07, 6.45) is 4.80. The molecule has 0 saturated carbocycles. The zero-order valence-corrected chi connectivity index (χ0v) is 18.4. The number of hydrogen-bond acceptors (Lipinski definition) is 9. The maximum Gasteiger partial charge on any atom is 0.231 e. The summed E-state index contributed by atoms with van der Waals surface area (Å²) in [6, 6.07) is 4.22. The predicted octanol–water partition coefficient (Wildman–Crippen LogP) is 2.46. The van der Waals surface area contributed by atoms with Gasteiger partial charge in [-0.1, -0.05) is 0 Å². The highest BCUT2D eigenvalue weighted by Crippen LogP contribution is 2.26. The first-order valence-corrected chi connectivity index (χ1v) is 11.6. The summed E-state index contributed by atoms with van der Waals surface area (Å²) in [5.74, 6) is 4.16. The van der Waals surface area contributed by atoms with Crippen LogP contribution < -0.4 is 15.1 Å². The number of rotatable bonds is 7. The van der Waals surface area contributed by atoms with Gasteiger partial charge < -0.3 is 24.3 Å². The normalized spacial score (nSPS) is 21.1. The van der Waals surface area contributed by atoms with Crippen molar-refractivity contribution in [3.8, 4) is 0 Å². The number of furan rings is 1. The van der Waals surface area contributed by atoms with E-state index in [1.54, 1.807) is 0 Å². The Morgan fingerprint density at radius 1 is 0.871 bits per heavy atom. The molecule has 5 rings (SSSR count). The van der Waals surface area contributed by atoms with Crippen molar-refractivity contribution in [1.82, 2.24) is 19.9 Å². The molecule has 3 aliphatic rings. The first-order chi connectivity index (χ1) is 15.3. The Balaban J connectivity index is 1.37. The molecule has 31 heavy (non-hydrogen) atoms. The molecule has 2 aromatic rings. The zero-order chi connectivity index (χ0) is 21.0. The van der Waals surface area contributed by atoms with E-state index in [-0.39, 0.29) is 6.04 Å². The lowest BCUT2D eigenvalue weighted by Gasteiger charge is -2.33. The number of aryl methyl sites for hydroxylation is 1. The molecule has 0 spiro atoms. The van der Waals surface area contributed by atoms with E-state index in [0.29, 0.717) is 12.5 Å². The molecular weight excluding hydrogens is 394 g/mol. The third-order valence-corrected chi connectivity index (χ3v) is 6.42. The molecule has 168 valence electrons. The van der Waals surface area contributed by atoms with Crippen LogP contribution in [-0.4, -0.2) is 78.9 Å². The fourth-order valence-corrected chi connectivity index (χ4v) is 4.67. The zero-order valence-electron chi connectivity index (χ0n) is 18.4. The Bertz CT molecular complexity index is 821. The molecule has 0 bridgehead atoms. The van der Waals surface area contributed by atoms with Crippen LogP contribution in [0.1, 0.15) is 43.2 Å². The second-order valence-electron chi connectivity index (χ2n) is 8.64. The van der Waals surface area contributed by atoms with Gasteiger partial charge in [0, 0.05) is 45.8 Å². The van der Waals surface area contributed by atoms with Gasteiger partial charge in [-0.3, -0.25) is 4.90 Å². The van der Waals surface area contributed by atoms with Crippen LogP contribution in [0.3, 0.4) is 0 Å². The molecule has 0 amide bonds. The lowest BCUT2D eigenvalue weighted by Crippen LogP contribution is -2.41. The summed E-state index contributed by atoms with van der Waals surface area (Å²) in [6.45, 7) is 10.0. The van der Waals surface area contributed by atoms with E-state index in [1.807, 2.05) is 13.0 Å². The van der Waals surface area contributed by atoms with Crippen molar-refractivity contribution in [2.24, 2.45) is 0 Å². The Hall–Kier alpha value is -2.39. The molecule has 1 atom stereocenters. The van der Waals surface area contributed by atoms with E-state index in [0.717, 1.165) is 75.9 Å². The SMILES string of the molecule is Cc1ccc([C@@H](CNc2nc(N3CCCC3)nc(N3CCCC3)n2)N2CCOCC2)o1. The number of ether oxygens (including phenoxy) is 1. The summed E-state index contributed by atoms with van der Waals surface area (Å²) in [5.41, 5.74) is 0. The van der Waals surface area contributed by atoms with Crippen molar-refractivity contribution >= 4 is 17.8 Å². The first kappa shape index (κ1) is 20.5. The Kier molecular flexibility index (Phi) is 6.22. The highest BCUT2D eigenvalue weighted by Gasteiger charge is 2.26. The van der Waals surface area contributed by atoms with Crippen LogP contribution in [0.4, 0.5) is 17.8 Å². The Morgan fingerprint density at radius 3 is 2.03 bits per heavy atom. The molecule has 9 heteroatoms. The lowest BCUT2D eigenvalue weighted by molar-refractivity contribution is 0.0143. The molecule has 3 fully saturated rings. The minimum Gasteiger partial charge on any atom is -0.465 e. The molecule has 9 nitrogen and oxygen atoms in total. The summed E-state index contributed by atoms with van der Waals surface area (Å²) in [5, 5.41) is 3.52. The third-order valence-electron chi connectivity index (χ3n) is 6.42. The van der Waals surface area contributed by atoms with Gasteiger partial charge >= 0.3 is 0 Å². The molecule has 1 N–H and O–H groups in total. The summed E-state index contributed by atoms with van der Waals surface area (Å²) in [7, 11) is 0. The van der Waals surface area contributed by atoms with E-state index >= 15 is 0 Å². The monoisotopic (exact) mass is 427 g/mol. The number of anilines is 3. The smallest absolute Gasteiger partial charge is 0.231 e. The van der Waals surface area contributed by atoms with Gasteiger partial charge in [0.15, 0.2) is 0 Å². The minimum absolute atomic E-state index is 0.111. The minimum atomic E-state index is 0.111. The topological polar surface area (TPSA) is 82.8 Å². The Morgan fingerprint density at radius 2 is 1.48 bits per heavy atom. The molecule has 0 unspecified atom stereocenters. The summed E-state index contributed by atoms with van der Waals surface area (Å²) in [4.78, 5) is 21.4. The van der Waals surface area contributed by atoms with Crippen LogP contribution in [0.25, 0.3) is 0 Å². The van der Waals surface area contributed by atoms with Crippen molar-refractivity contribution < 1.29 is 9.15 Å². The molecule has 0 aromatic carbocycles. The van der Waals surface area contributed by atoms with Crippen LogP contribution in [0.5, 0.6) is 0 Å². The average Bonchev–Trinajstić information content (AvgIpc) is 3.58. The fraction of sp³-hybridized carbons (Fsp3) is 0.682. The van der Waals surface area contributed by atoms with Crippen molar-refractivity contribution in [3.05, 3.63) is 23.7 Å². The van der Waals surface area contributed by atoms with Gasteiger partial charge in [0.05, 0.1) is 19.3 Å². The highest BCUT2D eigenvalue weighted by molar-refractivity contribution is 5.46. The van der Waals surface area contributed by atoms with Crippen molar-refractivity contribution in [2.75, 3.05) is 74.1 Å². The maximum atomic E-state index is 6.01. The Labute approximate surface area is 183 Å². The number of nitrogens with zero attached hydrogens (tertiary/aromatic N) is 6. The molecule has 3 aliphatic heterocycles. The molecule has 0 radical (unpaired) electrons. The number of aromatic nitrogens is 3. The van der Waals surface area contributed by atoms with Gasteiger partial charge in [-0.15, -0.1) is 0 Å². The van der Waals surface area contributed by atoms with E-state index in [4.69, 9.17) is 24.1 Å². The van der Waals surface area contributed by atoms with Crippen molar-refractivity contribution in [1.29, 1.82) is 0 Å². The molecule has 2 aromatic heterocycles. The number of morpholine rings is 1. The van der Waals surface area contributed by atoms with Gasteiger partial charge in [0.1, 0.15) is 11.5 Å². The largest absolute Gasteiger partial charge is 0.465 e. The maximum absolute atomic E-state index is 6.01. The van der Waals surface area contributed by atoms with E-state index in [9.17, 15) is 0 Å². The first-order valence-electron chi connectivity index (χ1n) is 11.6. The van der Waals surface area contributed by atoms with Crippen LogP contribution in [0, 0.1) is 6.92 Å². The standard InChI is InChI=1S/C22H33N7O2/c1-17-6-7-19(31-17)18(27-12-14-30-15-13-27)16-23-20-24-21(28-8-2-3-9-28)26-22(25-20)29-10-4-5-11-29/h6-7,18H,2-5,8-16H2,1H3,(H,23,24,25,26)/t18-/m1/s1. The van der Waals surface area contributed by atoms with Gasteiger partial charge in [-0.2, -0.15) is 15.0 Å². The van der Waals surface area contributed by atoms with Crippen LogP contribution in [0.15, 0.2) is 16.5 Å². The van der Waals surface area contributed by atoms with Gasteiger partial charge in [-0.25, -0.2) is 0 Å². The lowest BCUT2D eigenvalue weighted by atomic mass is 10.1. The van der Waals surface area contributed by atoms with Gasteiger partial charge in [0.2, 0.25) is 17.8 Å². The fourth-order valence-electron chi connectivity index (χ4n) is 4.67. The van der Waals surface area contributed by atoms with E-state index < -0.39 is 0 Å². The van der Waals surface area contributed by atoms with Crippen molar-refractivity contribution in [3.63, 3.8) is 0 Å². The number of hydrogen-bond donors (Lipinski definition) is 1. The second kappa shape index (κ2) is 9.40. The quantitative estimate of drug-likeness (QED) is 0.716. The average molecular weight is 428 g/mol. The molecule has 0 aliphatic carbocycles. The van der Waals surface area contributed by atoms with E-state index in [1.165, 1.54) is 25.7 Å². The van der Waals surface area contributed by atoms with Crippen LogP contribution in [0.2, 0.25) is 0 Å². The van der Waals surface area contributed by atoms with E-state index in [2.05, 4.69) is 26.1 Å². The van der Waals surface area contributed by atoms with Crippen LogP contribution in [-0.2, 0) is 4.74 Å². The predicted molar refractivity (Wildman–Crippen MR) is 120 cm³/mol.